The van der Waals surface area contributed by atoms with Gasteiger partial charge in [-0.2, -0.15) is 5.10 Å². The van der Waals surface area contributed by atoms with E-state index in [-0.39, 0.29) is 11.7 Å². The molecule has 0 N–H and O–H groups in total. The molecule has 0 amide bonds. The average molecular weight is 196 g/mol. The number of carbonyl (C=O) groups excluding carboxylic acids is 1. The quantitative estimate of drug-likeness (QED) is 0.620. The molecule has 1 rings (SSSR count). The number of ketones is 1. The van der Waals surface area contributed by atoms with Gasteiger partial charge in [-0.15, -0.1) is 0 Å². The minimum atomic E-state index is -1.49. The molecule has 0 aliphatic rings. The highest BCUT2D eigenvalue weighted by Gasteiger charge is 2.15. The van der Waals surface area contributed by atoms with Gasteiger partial charge in [0.25, 0.3) is 0 Å². The Labute approximate surface area is 93.8 Å². The highest BCUT2D eigenvalue weighted by Crippen LogP contribution is 2.10. The van der Waals surface area contributed by atoms with Crippen LogP contribution in [0, 0.1) is 5.92 Å². The van der Waals surface area contributed by atoms with Crippen LogP contribution in [0.5, 0.6) is 0 Å². The molecule has 1 atom stereocenters. The molecular weight excluding hydrogens is 185 g/mol. The fourth-order valence-corrected chi connectivity index (χ4v) is 1.17. The van der Waals surface area contributed by atoms with Crippen LogP contribution in [0.4, 0.5) is 0 Å². The van der Waals surface area contributed by atoms with Crippen LogP contribution >= 0.6 is 0 Å². The van der Waals surface area contributed by atoms with Crippen LogP contribution in [0.2, 0.25) is 0 Å². The predicted octanol–water partition coefficient (Wildman–Crippen LogP) is -0.276. The minimum absolute atomic E-state index is 0.0367. The van der Waals surface area contributed by atoms with Crippen LogP contribution in [0.1, 0.15) is 19.4 Å². The Kier molecular flexibility index (Phi) is 3.48. The first-order valence-corrected chi connectivity index (χ1v) is 4.72. The molecule has 0 saturated heterocycles. The molecule has 0 aliphatic heterocycles. The van der Waals surface area contributed by atoms with Gasteiger partial charge in [0.15, 0.2) is 0 Å². The summed E-state index contributed by atoms with van der Waals surface area (Å²) in [6.07, 6.45) is 3.88. The number of aromatic nitrogens is 2. The zero-order valence-electron chi connectivity index (χ0n) is 8.97. The summed E-state index contributed by atoms with van der Waals surface area (Å²) in [4.78, 5) is 11.1. The number of Topliss-reactive ketones (excluding diaryl/α,β-unsaturated/α-hetero) is 1. The van der Waals surface area contributed by atoms with Crippen LogP contribution in [0.25, 0.3) is 0 Å². The molecule has 6 heteroatoms. The maximum atomic E-state index is 11.1. The Hall–Kier alpha value is -0.925. The van der Waals surface area contributed by atoms with Crippen molar-refractivity contribution in [1.82, 2.24) is 9.78 Å². The Balaban J connectivity index is 2.73. The van der Waals surface area contributed by atoms with Gasteiger partial charge in [-0.25, -0.2) is 0 Å². The largest absolute Gasteiger partial charge is 0.300 e. The lowest BCUT2D eigenvalue weighted by Gasteiger charge is -2.20. The van der Waals surface area contributed by atoms with Crippen molar-refractivity contribution < 1.29 is 4.79 Å². The van der Waals surface area contributed by atoms with Crippen LogP contribution in [0.3, 0.4) is 0 Å². The van der Waals surface area contributed by atoms with Gasteiger partial charge in [0.05, 0.1) is 29.7 Å². The molecule has 1 aromatic rings. The molecule has 0 bridgehead atoms. The van der Waals surface area contributed by atoms with Gasteiger partial charge in [0.2, 0.25) is 0 Å². The smallest absolute Gasteiger partial charge is 0.132 e. The van der Waals surface area contributed by atoms with Crippen LogP contribution < -0.4 is 0 Å². The number of carbonyl (C=O) groups is 1. The Morgan fingerprint density at radius 1 is 1.60 bits per heavy atom. The summed E-state index contributed by atoms with van der Waals surface area (Å²) in [5, 5.41) is 2.44. The molecule has 3 nitrogen and oxygen atoms in total. The van der Waals surface area contributed by atoms with Crippen molar-refractivity contribution in [2.75, 3.05) is 0 Å². The van der Waals surface area contributed by atoms with E-state index in [0.717, 1.165) is 5.56 Å². The number of hydrogen-bond donors (Lipinski definition) is 0. The van der Waals surface area contributed by atoms with Crippen molar-refractivity contribution in [3.05, 3.63) is 18.0 Å². The van der Waals surface area contributed by atoms with Crippen molar-refractivity contribution in [2.45, 2.75) is 25.5 Å². The third-order valence-electron chi connectivity index (χ3n) is 2.27. The molecule has 0 aliphatic carbocycles. The lowest BCUT2D eigenvalue weighted by molar-refractivity contribution is -0.120. The molecule has 15 heavy (non-hydrogen) atoms. The van der Waals surface area contributed by atoms with Crippen molar-refractivity contribution in [3.8, 4) is 0 Å². The van der Waals surface area contributed by atoms with E-state index in [1.807, 2.05) is 6.92 Å². The lowest BCUT2D eigenvalue weighted by atomic mass is 9.49. The summed E-state index contributed by atoms with van der Waals surface area (Å²) in [5.41, 5.74) is 0.892. The molecular formula is C9H11B3N2O. The second kappa shape index (κ2) is 4.29. The molecule has 1 unspecified atom stereocenters. The van der Waals surface area contributed by atoms with E-state index >= 15 is 0 Å². The van der Waals surface area contributed by atoms with Crippen LogP contribution in [0.15, 0.2) is 12.4 Å². The summed E-state index contributed by atoms with van der Waals surface area (Å²) in [6.45, 7) is 3.43. The first kappa shape index (κ1) is 12.1. The third kappa shape index (κ3) is 3.29. The van der Waals surface area contributed by atoms with E-state index in [9.17, 15) is 4.79 Å². The normalized spacial score (nSPS) is 13.7. The SMILES string of the molecule is [B]C([B])([B])n1cc(CC(C)C(C)=O)cn1. The number of hydrogen-bond acceptors (Lipinski definition) is 2. The highest BCUT2D eigenvalue weighted by molar-refractivity contribution is 6.56. The van der Waals surface area contributed by atoms with E-state index in [1.165, 1.54) is 4.68 Å². The maximum absolute atomic E-state index is 11.1. The van der Waals surface area contributed by atoms with Crippen molar-refractivity contribution in [1.29, 1.82) is 0 Å². The number of nitrogens with zero attached hydrogens (tertiary/aromatic N) is 2. The van der Waals surface area contributed by atoms with Gasteiger partial charge < -0.3 is 0 Å². The lowest BCUT2D eigenvalue weighted by Crippen LogP contribution is -2.35. The topological polar surface area (TPSA) is 34.9 Å². The summed E-state index contributed by atoms with van der Waals surface area (Å²) in [6, 6.07) is 0. The van der Waals surface area contributed by atoms with Gasteiger partial charge in [0.1, 0.15) is 5.78 Å². The fraction of sp³-hybridized carbons (Fsp3) is 0.556. The van der Waals surface area contributed by atoms with Gasteiger partial charge in [-0.05, 0) is 24.1 Å². The van der Waals surface area contributed by atoms with E-state index in [2.05, 4.69) is 5.10 Å². The second-order valence-corrected chi connectivity index (χ2v) is 3.90. The predicted molar refractivity (Wildman–Crippen MR) is 61.0 cm³/mol. The molecule has 1 aromatic heterocycles. The van der Waals surface area contributed by atoms with Crippen LogP contribution in [-0.4, -0.2) is 39.1 Å². The van der Waals surface area contributed by atoms with E-state index in [0.29, 0.717) is 6.42 Å². The Bertz CT molecular complexity index is 356. The average Bonchev–Trinajstić information content (AvgIpc) is 2.51. The molecule has 0 fully saturated rings. The van der Waals surface area contributed by atoms with Gasteiger partial charge in [-0.3, -0.25) is 9.48 Å². The first-order chi connectivity index (χ1) is 6.80. The third-order valence-corrected chi connectivity index (χ3v) is 2.27. The van der Waals surface area contributed by atoms with Crippen LogP contribution in [-0.2, 0) is 16.5 Å². The van der Waals surface area contributed by atoms with E-state index < -0.39 is 5.24 Å². The van der Waals surface area contributed by atoms with Gasteiger partial charge in [0, 0.05) is 12.1 Å². The molecule has 0 spiro atoms. The number of rotatable bonds is 4. The standard InChI is InChI=1S/C9H11B3N2O/c1-6(7(2)15)3-8-4-13-14(5-8)9(10,11)12/h4-6H,3H2,1-2H3. The summed E-state index contributed by atoms with van der Waals surface area (Å²) in [7, 11) is 16.3. The van der Waals surface area contributed by atoms with Crippen molar-refractivity contribution in [2.24, 2.45) is 5.92 Å². The summed E-state index contributed by atoms with van der Waals surface area (Å²) < 4.78 is 1.27. The molecule has 0 saturated carbocycles. The first-order valence-electron chi connectivity index (χ1n) is 4.72. The fourth-order valence-electron chi connectivity index (χ4n) is 1.17. The van der Waals surface area contributed by atoms with Gasteiger partial charge in [-0.1, -0.05) is 6.92 Å². The maximum Gasteiger partial charge on any atom is 0.132 e. The summed E-state index contributed by atoms with van der Waals surface area (Å²) in [5.74, 6) is 0.104. The van der Waals surface area contributed by atoms with E-state index in [1.54, 1.807) is 19.3 Å². The molecule has 0 aromatic carbocycles. The van der Waals surface area contributed by atoms with E-state index in [4.69, 9.17) is 23.5 Å². The Morgan fingerprint density at radius 2 is 2.20 bits per heavy atom. The highest BCUT2D eigenvalue weighted by atomic mass is 16.1. The van der Waals surface area contributed by atoms with Crippen molar-refractivity contribution >= 4 is 29.3 Å². The van der Waals surface area contributed by atoms with Gasteiger partial charge >= 0.3 is 0 Å². The second-order valence-electron chi connectivity index (χ2n) is 3.90. The Morgan fingerprint density at radius 3 is 2.60 bits per heavy atom. The molecule has 6 radical (unpaired) electrons. The summed E-state index contributed by atoms with van der Waals surface area (Å²) >= 11 is 0. The monoisotopic (exact) mass is 196 g/mol. The minimum Gasteiger partial charge on any atom is -0.300 e. The molecule has 1 heterocycles. The zero-order valence-corrected chi connectivity index (χ0v) is 8.97. The zero-order chi connectivity index (χ0) is 11.6. The van der Waals surface area contributed by atoms with Crippen molar-refractivity contribution in [3.63, 3.8) is 0 Å². The molecule has 72 valence electrons.